The van der Waals surface area contributed by atoms with Crippen LogP contribution in [0.1, 0.15) is 31.9 Å². The van der Waals surface area contributed by atoms with Crippen LogP contribution < -0.4 is 10.2 Å². The van der Waals surface area contributed by atoms with Crippen molar-refractivity contribution in [3.05, 3.63) is 29.3 Å². The Morgan fingerprint density at radius 3 is 2.38 bits per heavy atom. The number of anilines is 1. The van der Waals surface area contributed by atoms with Crippen LogP contribution in [0.2, 0.25) is 0 Å². The molecule has 0 saturated carbocycles. The minimum absolute atomic E-state index is 0.674. The van der Waals surface area contributed by atoms with Crippen LogP contribution in [0.3, 0.4) is 0 Å². The van der Waals surface area contributed by atoms with E-state index in [1.807, 2.05) is 0 Å². The van der Waals surface area contributed by atoms with E-state index in [2.05, 4.69) is 75.1 Å². The molecule has 1 rings (SSSR count). The number of benzene rings is 1. The zero-order valence-corrected chi connectivity index (χ0v) is 14.7. The van der Waals surface area contributed by atoms with Crippen LogP contribution in [0.25, 0.3) is 0 Å². The molecule has 0 fully saturated rings. The predicted molar refractivity (Wildman–Crippen MR) is 94.2 cm³/mol. The van der Waals surface area contributed by atoms with E-state index >= 15 is 0 Å². The Balaban J connectivity index is 2.85. The minimum atomic E-state index is 0.674. The summed E-state index contributed by atoms with van der Waals surface area (Å²) in [6, 6.07) is 6.87. The molecule has 0 amide bonds. The van der Waals surface area contributed by atoms with Crippen molar-refractivity contribution in [1.82, 2.24) is 10.2 Å². The lowest BCUT2D eigenvalue weighted by atomic mass is 10.1. The number of hydrogen-bond acceptors (Lipinski definition) is 3. The van der Waals surface area contributed by atoms with E-state index in [1.54, 1.807) is 0 Å². The van der Waals surface area contributed by atoms with Crippen LogP contribution in [0.15, 0.2) is 18.2 Å². The van der Waals surface area contributed by atoms with E-state index in [1.165, 1.54) is 16.8 Å². The van der Waals surface area contributed by atoms with E-state index in [0.29, 0.717) is 5.92 Å². The SMILES string of the molecule is CCNCc1ccc(N(CCN(C)C)CC(C)C)c(C)c1. The average molecular weight is 291 g/mol. The van der Waals surface area contributed by atoms with Crippen molar-refractivity contribution >= 4 is 5.69 Å². The van der Waals surface area contributed by atoms with Crippen LogP contribution in [-0.2, 0) is 6.54 Å². The van der Waals surface area contributed by atoms with Crippen LogP contribution in [-0.4, -0.2) is 45.2 Å². The van der Waals surface area contributed by atoms with E-state index in [4.69, 9.17) is 0 Å². The normalized spacial score (nSPS) is 11.4. The van der Waals surface area contributed by atoms with Crippen molar-refractivity contribution in [1.29, 1.82) is 0 Å². The lowest BCUT2D eigenvalue weighted by Crippen LogP contribution is -2.34. The third kappa shape index (κ3) is 6.49. The van der Waals surface area contributed by atoms with E-state index in [-0.39, 0.29) is 0 Å². The van der Waals surface area contributed by atoms with Crippen LogP contribution >= 0.6 is 0 Å². The first kappa shape index (κ1) is 18.0. The summed E-state index contributed by atoms with van der Waals surface area (Å²) in [6.07, 6.45) is 0. The molecule has 1 aromatic carbocycles. The van der Waals surface area contributed by atoms with Crippen molar-refractivity contribution in [2.45, 2.75) is 34.2 Å². The van der Waals surface area contributed by atoms with E-state index < -0.39 is 0 Å². The number of nitrogens with zero attached hydrogens (tertiary/aromatic N) is 2. The standard InChI is InChI=1S/C18H33N3/c1-7-19-13-17-8-9-18(16(4)12-17)21(14-15(2)3)11-10-20(5)6/h8-9,12,15,19H,7,10-11,13-14H2,1-6H3. The Labute approximate surface area is 131 Å². The number of hydrogen-bond donors (Lipinski definition) is 1. The summed E-state index contributed by atoms with van der Waals surface area (Å²) >= 11 is 0. The first-order chi connectivity index (χ1) is 9.93. The van der Waals surface area contributed by atoms with Crippen LogP contribution in [0.4, 0.5) is 5.69 Å². The maximum absolute atomic E-state index is 3.39. The first-order valence-corrected chi connectivity index (χ1v) is 8.14. The number of aryl methyl sites for hydroxylation is 1. The highest BCUT2D eigenvalue weighted by molar-refractivity contribution is 5.54. The zero-order valence-electron chi connectivity index (χ0n) is 14.7. The molecular formula is C18H33N3. The highest BCUT2D eigenvalue weighted by Gasteiger charge is 2.11. The smallest absolute Gasteiger partial charge is 0.0396 e. The molecule has 3 nitrogen and oxygen atoms in total. The van der Waals surface area contributed by atoms with Gasteiger partial charge in [0.15, 0.2) is 0 Å². The molecule has 0 spiro atoms. The lowest BCUT2D eigenvalue weighted by molar-refractivity contribution is 0.409. The molecule has 0 saturated heterocycles. The van der Waals surface area contributed by atoms with Gasteiger partial charge in [-0.3, -0.25) is 0 Å². The van der Waals surface area contributed by atoms with Gasteiger partial charge in [-0.15, -0.1) is 0 Å². The van der Waals surface area contributed by atoms with Gasteiger partial charge in [-0.1, -0.05) is 32.9 Å². The Hall–Kier alpha value is -1.06. The third-order valence-electron chi connectivity index (χ3n) is 3.58. The lowest BCUT2D eigenvalue weighted by Gasteiger charge is -2.29. The van der Waals surface area contributed by atoms with E-state index in [9.17, 15) is 0 Å². The molecule has 0 atom stereocenters. The third-order valence-corrected chi connectivity index (χ3v) is 3.58. The Bertz CT molecular complexity index is 413. The molecule has 0 bridgehead atoms. The summed E-state index contributed by atoms with van der Waals surface area (Å²) < 4.78 is 0. The van der Waals surface area contributed by atoms with Crippen molar-refractivity contribution in [3.8, 4) is 0 Å². The molecule has 120 valence electrons. The van der Waals surface area contributed by atoms with Gasteiger partial charge in [0.25, 0.3) is 0 Å². The second-order valence-electron chi connectivity index (χ2n) is 6.54. The van der Waals surface area contributed by atoms with Gasteiger partial charge in [-0.2, -0.15) is 0 Å². The molecule has 3 heteroatoms. The summed E-state index contributed by atoms with van der Waals surface area (Å²) in [5.74, 6) is 0.674. The van der Waals surface area contributed by atoms with Gasteiger partial charge in [0, 0.05) is 31.9 Å². The summed E-state index contributed by atoms with van der Waals surface area (Å²) in [7, 11) is 4.28. The highest BCUT2D eigenvalue weighted by Crippen LogP contribution is 2.22. The molecule has 0 unspecified atom stereocenters. The number of rotatable bonds is 9. The van der Waals surface area contributed by atoms with Crippen molar-refractivity contribution in [3.63, 3.8) is 0 Å². The quantitative estimate of drug-likeness (QED) is 0.754. The Morgan fingerprint density at radius 2 is 1.86 bits per heavy atom. The fourth-order valence-electron chi connectivity index (χ4n) is 2.52. The van der Waals surface area contributed by atoms with Gasteiger partial charge in [-0.05, 0) is 50.7 Å². The topological polar surface area (TPSA) is 18.5 Å². The molecule has 1 N–H and O–H groups in total. The van der Waals surface area contributed by atoms with E-state index in [0.717, 1.165) is 32.7 Å². The summed E-state index contributed by atoms with van der Waals surface area (Å²) in [5.41, 5.74) is 4.13. The second-order valence-corrected chi connectivity index (χ2v) is 6.54. The van der Waals surface area contributed by atoms with Gasteiger partial charge in [0.1, 0.15) is 0 Å². The molecule has 0 aliphatic rings. The molecule has 21 heavy (non-hydrogen) atoms. The van der Waals surface area contributed by atoms with Gasteiger partial charge < -0.3 is 15.1 Å². The van der Waals surface area contributed by atoms with Gasteiger partial charge >= 0.3 is 0 Å². The summed E-state index contributed by atoms with van der Waals surface area (Å²) in [5, 5.41) is 3.39. The minimum Gasteiger partial charge on any atom is -0.370 e. The average Bonchev–Trinajstić information content (AvgIpc) is 2.41. The fraction of sp³-hybridized carbons (Fsp3) is 0.667. The molecule has 1 aromatic rings. The largest absolute Gasteiger partial charge is 0.370 e. The van der Waals surface area contributed by atoms with Crippen molar-refractivity contribution in [2.75, 3.05) is 45.2 Å². The van der Waals surface area contributed by atoms with Gasteiger partial charge in [0.05, 0.1) is 0 Å². The second kappa shape index (κ2) is 9.06. The summed E-state index contributed by atoms with van der Waals surface area (Å²) in [4.78, 5) is 4.78. The Morgan fingerprint density at radius 1 is 1.14 bits per heavy atom. The molecule has 0 aliphatic carbocycles. The predicted octanol–water partition coefficient (Wildman–Crippen LogP) is 3.13. The summed E-state index contributed by atoms with van der Waals surface area (Å²) in [6.45, 7) is 14.2. The fourth-order valence-corrected chi connectivity index (χ4v) is 2.52. The molecule has 0 radical (unpaired) electrons. The van der Waals surface area contributed by atoms with Crippen molar-refractivity contribution in [2.24, 2.45) is 5.92 Å². The highest BCUT2D eigenvalue weighted by atomic mass is 15.2. The molecule has 0 aliphatic heterocycles. The van der Waals surface area contributed by atoms with Crippen LogP contribution in [0.5, 0.6) is 0 Å². The zero-order chi connectivity index (χ0) is 15.8. The number of likely N-dealkylation sites (N-methyl/N-ethyl adjacent to an activating group) is 1. The molecule has 0 heterocycles. The monoisotopic (exact) mass is 291 g/mol. The maximum atomic E-state index is 3.39. The maximum Gasteiger partial charge on any atom is 0.0396 e. The first-order valence-electron chi connectivity index (χ1n) is 8.14. The van der Waals surface area contributed by atoms with Crippen LogP contribution in [0, 0.1) is 12.8 Å². The molecular weight excluding hydrogens is 258 g/mol. The van der Waals surface area contributed by atoms with Gasteiger partial charge in [0.2, 0.25) is 0 Å². The number of nitrogens with one attached hydrogen (secondary N) is 1. The Kier molecular flexibility index (Phi) is 7.76. The van der Waals surface area contributed by atoms with Crippen molar-refractivity contribution < 1.29 is 0 Å². The molecule has 0 aromatic heterocycles. The van der Waals surface area contributed by atoms with Gasteiger partial charge in [-0.25, -0.2) is 0 Å².